The Morgan fingerprint density at radius 1 is 0.521 bits per heavy atom. The topological polar surface area (TPSA) is 6.48 Å². The number of terminal acetylenes is 1. The monoisotopic (exact) mass is 620 g/mol. The summed E-state index contributed by atoms with van der Waals surface area (Å²) >= 11 is 0. The van der Waals surface area contributed by atoms with Crippen LogP contribution < -0.4 is 9.80 Å². The molecule has 6 aromatic rings. The molecule has 0 aliphatic carbocycles. The van der Waals surface area contributed by atoms with E-state index in [0.29, 0.717) is 0 Å². The van der Waals surface area contributed by atoms with Crippen LogP contribution in [0.1, 0.15) is 42.1 Å². The van der Waals surface area contributed by atoms with Crippen molar-refractivity contribution in [1.82, 2.24) is 0 Å². The van der Waals surface area contributed by atoms with Crippen LogP contribution in [-0.4, -0.2) is 0 Å². The van der Waals surface area contributed by atoms with Crippen molar-refractivity contribution in [1.29, 1.82) is 0 Å². The van der Waals surface area contributed by atoms with Crippen LogP contribution in [0, 0.1) is 12.3 Å². The lowest BCUT2D eigenvalue weighted by Gasteiger charge is -2.32. The predicted octanol–water partition coefficient (Wildman–Crippen LogP) is 12.3. The maximum atomic E-state index is 6.30. The normalized spacial score (nSPS) is 11.8. The first-order valence-corrected chi connectivity index (χ1v) is 16.5. The van der Waals surface area contributed by atoms with Crippen LogP contribution in [0.2, 0.25) is 0 Å². The van der Waals surface area contributed by atoms with Gasteiger partial charge in [0, 0.05) is 29.3 Å². The van der Waals surface area contributed by atoms with Crippen molar-refractivity contribution in [2.45, 2.75) is 26.4 Å². The fourth-order valence-electron chi connectivity index (χ4n) is 6.21. The SMILES string of the molecule is C#CC(c1ccccc1/C=C\C)N(c1ccccc1)c1ccc(-c2ccc(N(Cc3ccccc3/C=C\C)c3ccccc3)cc2)cc1. The summed E-state index contributed by atoms with van der Waals surface area (Å²) in [5.41, 5.74) is 11.4. The van der Waals surface area contributed by atoms with Crippen molar-refractivity contribution < 1.29 is 0 Å². The fourth-order valence-corrected chi connectivity index (χ4v) is 6.21. The maximum Gasteiger partial charge on any atom is 0.121 e. The Kier molecular flexibility index (Phi) is 10.3. The average molecular weight is 621 g/mol. The number of hydrogen-bond donors (Lipinski definition) is 0. The van der Waals surface area contributed by atoms with Crippen molar-refractivity contribution >= 4 is 34.9 Å². The molecular formula is C46H40N2. The van der Waals surface area contributed by atoms with Gasteiger partial charge in [-0.1, -0.05) is 139 Å². The predicted molar refractivity (Wildman–Crippen MR) is 207 cm³/mol. The molecule has 0 amide bonds. The highest BCUT2D eigenvalue weighted by Gasteiger charge is 2.23. The Balaban J connectivity index is 1.32. The van der Waals surface area contributed by atoms with Gasteiger partial charge in [0.1, 0.15) is 6.04 Å². The lowest BCUT2D eigenvalue weighted by atomic mass is 9.97. The van der Waals surface area contributed by atoms with Crippen molar-refractivity contribution in [3.63, 3.8) is 0 Å². The summed E-state index contributed by atoms with van der Waals surface area (Å²) in [6.07, 6.45) is 14.7. The molecule has 0 aromatic heterocycles. The van der Waals surface area contributed by atoms with Gasteiger partial charge in [-0.3, -0.25) is 0 Å². The van der Waals surface area contributed by atoms with E-state index in [4.69, 9.17) is 6.42 Å². The largest absolute Gasteiger partial charge is 0.337 e. The first-order valence-electron chi connectivity index (χ1n) is 16.5. The molecule has 6 rings (SSSR count). The van der Waals surface area contributed by atoms with E-state index in [0.717, 1.165) is 51.5 Å². The molecule has 48 heavy (non-hydrogen) atoms. The first-order chi connectivity index (χ1) is 23.7. The Hall–Kier alpha value is -6.04. The molecule has 0 bridgehead atoms. The molecule has 0 aliphatic rings. The van der Waals surface area contributed by atoms with Crippen LogP contribution in [0.4, 0.5) is 22.7 Å². The average Bonchev–Trinajstić information content (AvgIpc) is 3.15. The third-order valence-electron chi connectivity index (χ3n) is 8.54. The molecule has 0 saturated carbocycles. The molecule has 0 heterocycles. The highest BCUT2D eigenvalue weighted by atomic mass is 15.2. The van der Waals surface area contributed by atoms with E-state index in [2.05, 4.69) is 199 Å². The third kappa shape index (κ3) is 7.17. The van der Waals surface area contributed by atoms with Crippen LogP contribution >= 0.6 is 0 Å². The summed E-state index contributed by atoms with van der Waals surface area (Å²) in [4.78, 5) is 4.62. The van der Waals surface area contributed by atoms with Crippen molar-refractivity contribution in [2.24, 2.45) is 0 Å². The van der Waals surface area contributed by atoms with Gasteiger partial charge >= 0.3 is 0 Å². The van der Waals surface area contributed by atoms with Gasteiger partial charge in [-0.15, -0.1) is 6.42 Å². The van der Waals surface area contributed by atoms with Gasteiger partial charge in [0.25, 0.3) is 0 Å². The summed E-state index contributed by atoms with van der Waals surface area (Å²) in [6, 6.07) is 55.2. The number of benzene rings is 6. The van der Waals surface area contributed by atoms with Gasteiger partial charge < -0.3 is 9.80 Å². The first kappa shape index (κ1) is 31.9. The highest BCUT2D eigenvalue weighted by Crippen LogP contribution is 2.38. The summed E-state index contributed by atoms with van der Waals surface area (Å²) in [5, 5.41) is 0. The molecule has 0 saturated heterocycles. The Morgan fingerprint density at radius 2 is 0.979 bits per heavy atom. The number of anilines is 4. The Bertz CT molecular complexity index is 2020. The van der Waals surface area contributed by atoms with Gasteiger partial charge in [-0.05, 0) is 95.8 Å². The van der Waals surface area contributed by atoms with E-state index in [1.807, 2.05) is 13.0 Å². The highest BCUT2D eigenvalue weighted by molar-refractivity contribution is 5.74. The lowest BCUT2D eigenvalue weighted by Crippen LogP contribution is -2.23. The van der Waals surface area contributed by atoms with Gasteiger partial charge in [-0.2, -0.15) is 0 Å². The van der Waals surface area contributed by atoms with Crippen LogP contribution in [0.15, 0.2) is 170 Å². The zero-order valence-corrected chi connectivity index (χ0v) is 27.6. The smallest absolute Gasteiger partial charge is 0.121 e. The number of hydrogen-bond acceptors (Lipinski definition) is 2. The number of allylic oxidation sites excluding steroid dienone is 2. The van der Waals surface area contributed by atoms with Gasteiger partial charge in [0.2, 0.25) is 0 Å². The van der Waals surface area contributed by atoms with Crippen molar-refractivity contribution in [3.8, 4) is 23.5 Å². The Labute approximate surface area is 286 Å². The zero-order valence-electron chi connectivity index (χ0n) is 27.6. The summed E-state index contributed by atoms with van der Waals surface area (Å²) in [7, 11) is 0. The molecule has 1 atom stereocenters. The zero-order chi connectivity index (χ0) is 33.1. The van der Waals surface area contributed by atoms with E-state index >= 15 is 0 Å². The Morgan fingerprint density at radius 3 is 1.58 bits per heavy atom. The minimum Gasteiger partial charge on any atom is -0.337 e. The minimum absolute atomic E-state index is 0.285. The fraction of sp³-hybridized carbons (Fsp3) is 0.0870. The van der Waals surface area contributed by atoms with E-state index in [9.17, 15) is 0 Å². The van der Waals surface area contributed by atoms with Crippen molar-refractivity contribution in [2.75, 3.05) is 9.80 Å². The van der Waals surface area contributed by atoms with E-state index in [1.165, 1.54) is 11.1 Å². The minimum atomic E-state index is -0.285. The number of rotatable bonds is 11. The quantitative estimate of drug-likeness (QED) is 0.133. The molecule has 2 heteroatoms. The van der Waals surface area contributed by atoms with Crippen LogP contribution in [0.5, 0.6) is 0 Å². The number of para-hydroxylation sites is 2. The van der Waals surface area contributed by atoms with E-state index in [1.54, 1.807) is 0 Å². The van der Waals surface area contributed by atoms with Gasteiger partial charge in [0.15, 0.2) is 0 Å². The van der Waals surface area contributed by atoms with Crippen LogP contribution in [0.3, 0.4) is 0 Å². The van der Waals surface area contributed by atoms with Crippen LogP contribution in [-0.2, 0) is 6.54 Å². The molecule has 6 aromatic carbocycles. The van der Waals surface area contributed by atoms with E-state index < -0.39 is 0 Å². The number of nitrogens with zero attached hydrogens (tertiary/aromatic N) is 2. The molecule has 0 radical (unpaired) electrons. The molecule has 1 unspecified atom stereocenters. The molecule has 2 nitrogen and oxygen atoms in total. The second-order valence-electron chi connectivity index (χ2n) is 11.6. The van der Waals surface area contributed by atoms with Gasteiger partial charge in [0.05, 0.1) is 0 Å². The van der Waals surface area contributed by atoms with E-state index in [-0.39, 0.29) is 6.04 Å². The molecule has 0 fully saturated rings. The molecule has 0 aliphatic heterocycles. The lowest BCUT2D eigenvalue weighted by molar-refractivity contribution is 0.876. The second kappa shape index (κ2) is 15.5. The van der Waals surface area contributed by atoms with Crippen molar-refractivity contribution in [3.05, 3.63) is 192 Å². The molecule has 0 N–H and O–H groups in total. The molecule has 0 spiro atoms. The maximum absolute atomic E-state index is 6.30. The standard InChI is InChI=1S/C46H40N2/c1-4-17-36-19-13-14-21-40(36)35-47(41-22-9-7-10-23-41)42-31-27-37(28-32-42)38-29-33-44(34-30-38)48(43-24-11-8-12-25-43)46(6-3)45-26-16-15-20-39(45)18-5-2/h3-5,7-34,46H,35H2,1-2H3/b17-4-,18-5-. The second-order valence-corrected chi connectivity index (χ2v) is 11.6. The van der Waals surface area contributed by atoms with Gasteiger partial charge in [-0.25, -0.2) is 0 Å². The summed E-state index contributed by atoms with van der Waals surface area (Å²) < 4.78 is 0. The third-order valence-corrected chi connectivity index (χ3v) is 8.54. The molecular weight excluding hydrogens is 581 g/mol. The summed E-state index contributed by atoms with van der Waals surface area (Å²) in [6.45, 7) is 4.86. The molecule has 234 valence electrons. The summed E-state index contributed by atoms with van der Waals surface area (Å²) in [5.74, 6) is 3.10. The van der Waals surface area contributed by atoms with Crippen LogP contribution in [0.25, 0.3) is 23.3 Å².